The Morgan fingerprint density at radius 2 is 2.19 bits per heavy atom. The average Bonchev–Trinajstić information content (AvgIpc) is 2.91. The third kappa shape index (κ3) is 7.62. The van der Waals surface area contributed by atoms with Gasteiger partial charge in [0.05, 0.1) is 13.2 Å². The van der Waals surface area contributed by atoms with Crippen molar-refractivity contribution in [2.45, 2.75) is 39.3 Å². The number of carbonyl (C=O) groups is 1. The SMILES string of the molecule is CCC(C)NC(=O)CCNc1nnc(CNCCOC)o1. The first-order valence-corrected chi connectivity index (χ1v) is 7.21. The summed E-state index contributed by atoms with van der Waals surface area (Å²) in [5.41, 5.74) is 0. The van der Waals surface area contributed by atoms with Crippen molar-refractivity contribution in [2.75, 3.05) is 32.1 Å². The number of rotatable bonds is 11. The lowest BCUT2D eigenvalue weighted by atomic mass is 10.2. The molecule has 8 nitrogen and oxygen atoms in total. The van der Waals surface area contributed by atoms with E-state index in [1.165, 1.54) is 0 Å². The topological polar surface area (TPSA) is 101 Å². The predicted octanol–water partition coefficient (Wildman–Crippen LogP) is 0.522. The molecule has 21 heavy (non-hydrogen) atoms. The first-order valence-electron chi connectivity index (χ1n) is 7.21. The zero-order valence-corrected chi connectivity index (χ0v) is 12.9. The largest absolute Gasteiger partial charge is 0.407 e. The van der Waals surface area contributed by atoms with Crippen molar-refractivity contribution in [2.24, 2.45) is 0 Å². The number of hydrogen-bond donors (Lipinski definition) is 3. The molecule has 8 heteroatoms. The molecule has 0 fully saturated rings. The van der Waals surface area contributed by atoms with Crippen LogP contribution in [0.2, 0.25) is 0 Å². The molecule has 0 saturated heterocycles. The molecule has 1 rings (SSSR count). The van der Waals surface area contributed by atoms with Gasteiger partial charge in [-0.1, -0.05) is 12.0 Å². The maximum absolute atomic E-state index is 11.6. The number of methoxy groups -OCH3 is 1. The molecule has 0 saturated carbocycles. The standard InChI is InChI=1S/C13H25N5O3/c1-4-10(2)16-11(19)5-6-15-13-18-17-12(21-13)9-14-7-8-20-3/h10,14H,4-9H2,1-3H3,(H,15,18)(H,16,19). The molecule has 0 radical (unpaired) electrons. The van der Waals surface area contributed by atoms with Gasteiger partial charge in [-0.25, -0.2) is 0 Å². The van der Waals surface area contributed by atoms with Crippen LogP contribution >= 0.6 is 0 Å². The molecular formula is C13H25N5O3. The van der Waals surface area contributed by atoms with Crippen molar-refractivity contribution in [3.63, 3.8) is 0 Å². The fourth-order valence-corrected chi connectivity index (χ4v) is 1.50. The van der Waals surface area contributed by atoms with Crippen LogP contribution < -0.4 is 16.0 Å². The molecule has 1 aromatic rings. The fourth-order valence-electron chi connectivity index (χ4n) is 1.50. The van der Waals surface area contributed by atoms with E-state index in [1.807, 2.05) is 13.8 Å². The Bertz CT molecular complexity index is 410. The Morgan fingerprint density at radius 1 is 1.38 bits per heavy atom. The highest BCUT2D eigenvalue weighted by Crippen LogP contribution is 2.04. The first kappa shape index (κ1) is 17.4. The van der Waals surface area contributed by atoms with Crippen LogP contribution in [-0.2, 0) is 16.1 Å². The minimum absolute atomic E-state index is 0.0119. The molecule has 0 spiro atoms. The number of nitrogens with zero attached hydrogens (tertiary/aromatic N) is 2. The Hall–Kier alpha value is -1.67. The Labute approximate surface area is 125 Å². The van der Waals surface area contributed by atoms with Gasteiger partial charge < -0.3 is 25.1 Å². The summed E-state index contributed by atoms with van der Waals surface area (Å²) in [6, 6.07) is 0.528. The molecule has 1 aromatic heterocycles. The van der Waals surface area contributed by atoms with Crippen LogP contribution in [0.1, 0.15) is 32.6 Å². The van der Waals surface area contributed by atoms with Crippen molar-refractivity contribution in [1.29, 1.82) is 0 Å². The van der Waals surface area contributed by atoms with Gasteiger partial charge in [0.25, 0.3) is 0 Å². The monoisotopic (exact) mass is 299 g/mol. The molecule has 120 valence electrons. The Kier molecular flexibility index (Phi) is 8.37. The van der Waals surface area contributed by atoms with Crippen molar-refractivity contribution in [3.8, 4) is 0 Å². The number of amides is 1. The predicted molar refractivity (Wildman–Crippen MR) is 78.9 cm³/mol. The van der Waals surface area contributed by atoms with Gasteiger partial charge in [-0.3, -0.25) is 4.79 Å². The highest BCUT2D eigenvalue weighted by Gasteiger charge is 2.07. The van der Waals surface area contributed by atoms with Gasteiger partial charge in [0, 0.05) is 32.7 Å². The zero-order valence-electron chi connectivity index (χ0n) is 12.9. The van der Waals surface area contributed by atoms with Crippen LogP contribution in [0, 0.1) is 0 Å². The van der Waals surface area contributed by atoms with E-state index in [1.54, 1.807) is 7.11 Å². The maximum Gasteiger partial charge on any atom is 0.315 e. The summed E-state index contributed by atoms with van der Waals surface area (Å²) in [5, 5.41) is 16.7. The molecule has 1 amide bonds. The van der Waals surface area contributed by atoms with E-state index in [0.717, 1.165) is 13.0 Å². The summed E-state index contributed by atoms with van der Waals surface area (Å²) in [6.07, 6.45) is 1.29. The lowest BCUT2D eigenvalue weighted by molar-refractivity contribution is -0.121. The molecule has 1 unspecified atom stereocenters. The van der Waals surface area contributed by atoms with E-state index >= 15 is 0 Å². The molecule has 1 atom stereocenters. The first-order chi connectivity index (χ1) is 10.2. The molecule has 0 aliphatic carbocycles. The van der Waals surface area contributed by atoms with Gasteiger partial charge in [0.15, 0.2) is 0 Å². The van der Waals surface area contributed by atoms with Gasteiger partial charge >= 0.3 is 6.01 Å². The quantitative estimate of drug-likeness (QED) is 0.512. The normalized spacial score (nSPS) is 12.1. The summed E-state index contributed by atoms with van der Waals surface area (Å²) < 4.78 is 10.3. The highest BCUT2D eigenvalue weighted by molar-refractivity contribution is 5.76. The van der Waals surface area contributed by atoms with Crippen molar-refractivity contribution < 1.29 is 13.9 Å². The van der Waals surface area contributed by atoms with Crippen molar-refractivity contribution in [1.82, 2.24) is 20.8 Å². The number of ether oxygens (including phenoxy) is 1. The van der Waals surface area contributed by atoms with Crippen LogP contribution in [0.3, 0.4) is 0 Å². The van der Waals surface area contributed by atoms with E-state index in [0.29, 0.717) is 38.0 Å². The number of hydrogen-bond acceptors (Lipinski definition) is 7. The van der Waals surface area contributed by atoms with Crippen molar-refractivity contribution >= 4 is 11.9 Å². The van der Waals surface area contributed by atoms with E-state index in [4.69, 9.17) is 9.15 Å². The van der Waals surface area contributed by atoms with Gasteiger partial charge in [-0.2, -0.15) is 0 Å². The minimum Gasteiger partial charge on any atom is -0.407 e. The van der Waals surface area contributed by atoms with Crippen LogP contribution in [0.25, 0.3) is 0 Å². The third-order valence-electron chi connectivity index (χ3n) is 2.87. The highest BCUT2D eigenvalue weighted by atomic mass is 16.5. The van der Waals surface area contributed by atoms with Crippen LogP contribution in [0.15, 0.2) is 4.42 Å². The maximum atomic E-state index is 11.6. The summed E-state index contributed by atoms with van der Waals surface area (Å²) in [5.74, 6) is 0.510. The summed E-state index contributed by atoms with van der Waals surface area (Å²) in [4.78, 5) is 11.6. The summed E-state index contributed by atoms with van der Waals surface area (Å²) in [6.45, 7) is 6.31. The van der Waals surface area contributed by atoms with E-state index in [9.17, 15) is 4.79 Å². The van der Waals surface area contributed by atoms with Crippen LogP contribution in [-0.4, -0.2) is 49.0 Å². The number of nitrogens with one attached hydrogen (secondary N) is 3. The summed E-state index contributed by atoms with van der Waals surface area (Å²) in [7, 11) is 1.65. The lowest BCUT2D eigenvalue weighted by Gasteiger charge is -2.10. The van der Waals surface area contributed by atoms with E-state index in [2.05, 4.69) is 26.1 Å². The summed E-state index contributed by atoms with van der Waals surface area (Å²) >= 11 is 0. The number of carbonyl (C=O) groups excluding carboxylic acids is 1. The van der Waals surface area contributed by atoms with E-state index < -0.39 is 0 Å². The molecule has 0 aromatic carbocycles. The second-order valence-electron chi connectivity index (χ2n) is 4.72. The minimum atomic E-state index is 0.0119. The Balaban J connectivity index is 2.18. The Morgan fingerprint density at radius 3 is 2.90 bits per heavy atom. The van der Waals surface area contributed by atoms with Gasteiger partial charge in [-0.05, 0) is 13.3 Å². The number of aromatic nitrogens is 2. The van der Waals surface area contributed by atoms with Crippen LogP contribution in [0.4, 0.5) is 6.01 Å². The molecule has 0 bridgehead atoms. The van der Waals surface area contributed by atoms with E-state index in [-0.39, 0.29) is 11.9 Å². The van der Waals surface area contributed by atoms with Gasteiger partial charge in [0.2, 0.25) is 11.8 Å². The van der Waals surface area contributed by atoms with Crippen molar-refractivity contribution in [3.05, 3.63) is 5.89 Å². The fraction of sp³-hybridized carbons (Fsp3) is 0.769. The third-order valence-corrected chi connectivity index (χ3v) is 2.87. The lowest BCUT2D eigenvalue weighted by Crippen LogP contribution is -2.32. The van der Waals surface area contributed by atoms with Gasteiger partial charge in [-0.15, -0.1) is 5.10 Å². The second-order valence-corrected chi connectivity index (χ2v) is 4.72. The molecule has 1 heterocycles. The number of anilines is 1. The van der Waals surface area contributed by atoms with Crippen LogP contribution in [0.5, 0.6) is 0 Å². The molecule has 3 N–H and O–H groups in total. The zero-order chi connectivity index (χ0) is 15.5. The molecule has 0 aliphatic rings. The smallest absolute Gasteiger partial charge is 0.315 e. The average molecular weight is 299 g/mol. The van der Waals surface area contributed by atoms with Gasteiger partial charge in [0.1, 0.15) is 0 Å². The second kappa shape index (κ2) is 10.1. The molecule has 0 aliphatic heterocycles. The molecular weight excluding hydrogens is 274 g/mol.